The average Bonchev–Trinajstić information content (AvgIpc) is 2.56. The number of rotatable bonds is 4. The van der Waals surface area contributed by atoms with Crippen LogP contribution in [0.1, 0.15) is 16.7 Å². The van der Waals surface area contributed by atoms with E-state index >= 15 is 0 Å². The van der Waals surface area contributed by atoms with E-state index in [0.29, 0.717) is 0 Å². The summed E-state index contributed by atoms with van der Waals surface area (Å²) in [7, 11) is 0. The number of alkyl halides is 3. The van der Waals surface area contributed by atoms with Crippen molar-refractivity contribution in [2.45, 2.75) is 25.2 Å². The summed E-state index contributed by atoms with van der Waals surface area (Å²) in [5.41, 5.74) is 1.63. The normalized spacial score (nSPS) is 17.9. The SMILES string of the molecule is Cl.Cl.FC(F)(F)c1ccc(C[C@@H]2CN(Cc3ccccc3)CCN2)cc1. The molecule has 3 rings (SSSR count). The summed E-state index contributed by atoms with van der Waals surface area (Å²) in [5.74, 6) is 0. The lowest BCUT2D eigenvalue weighted by Crippen LogP contribution is -2.51. The van der Waals surface area contributed by atoms with Crippen molar-refractivity contribution < 1.29 is 13.2 Å². The van der Waals surface area contributed by atoms with Crippen molar-refractivity contribution in [3.05, 3.63) is 71.3 Å². The van der Waals surface area contributed by atoms with Crippen LogP contribution in [0.25, 0.3) is 0 Å². The van der Waals surface area contributed by atoms with Crippen LogP contribution in [0.5, 0.6) is 0 Å². The summed E-state index contributed by atoms with van der Waals surface area (Å²) in [4.78, 5) is 2.39. The third kappa shape index (κ3) is 6.47. The van der Waals surface area contributed by atoms with E-state index in [4.69, 9.17) is 0 Å². The van der Waals surface area contributed by atoms with Crippen LogP contribution >= 0.6 is 24.8 Å². The Kier molecular flexibility index (Phi) is 8.90. The Labute approximate surface area is 164 Å². The molecule has 0 spiro atoms. The number of piperazine rings is 1. The number of halogens is 5. The van der Waals surface area contributed by atoms with E-state index in [1.807, 2.05) is 18.2 Å². The monoisotopic (exact) mass is 406 g/mol. The lowest BCUT2D eigenvalue weighted by atomic mass is 10.0. The van der Waals surface area contributed by atoms with Gasteiger partial charge >= 0.3 is 6.18 Å². The fraction of sp³-hybridized carbons (Fsp3) is 0.368. The molecule has 7 heteroatoms. The van der Waals surface area contributed by atoms with Gasteiger partial charge in [-0.15, -0.1) is 24.8 Å². The highest BCUT2D eigenvalue weighted by atomic mass is 35.5. The van der Waals surface area contributed by atoms with Gasteiger partial charge in [-0.05, 0) is 29.7 Å². The van der Waals surface area contributed by atoms with E-state index in [1.165, 1.54) is 17.7 Å². The first-order valence-corrected chi connectivity index (χ1v) is 8.16. The van der Waals surface area contributed by atoms with Crippen molar-refractivity contribution in [2.24, 2.45) is 0 Å². The second kappa shape index (κ2) is 10.2. The van der Waals surface area contributed by atoms with Crippen LogP contribution in [-0.2, 0) is 19.1 Å². The van der Waals surface area contributed by atoms with E-state index in [-0.39, 0.29) is 30.9 Å². The smallest absolute Gasteiger partial charge is 0.311 e. The minimum Gasteiger partial charge on any atom is -0.311 e. The van der Waals surface area contributed by atoms with E-state index in [9.17, 15) is 13.2 Å². The summed E-state index contributed by atoms with van der Waals surface area (Å²) in [6.07, 6.45) is -3.53. The molecule has 2 nitrogen and oxygen atoms in total. The third-order valence-electron chi connectivity index (χ3n) is 4.35. The number of hydrogen-bond acceptors (Lipinski definition) is 2. The molecular formula is C19H23Cl2F3N2. The molecule has 144 valence electrons. The predicted octanol–water partition coefficient (Wildman–Crippen LogP) is 4.57. The summed E-state index contributed by atoms with van der Waals surface area (Å²) in [5, 5.41) is 3.46. The van der Waals surface area contributed by atoms with E-state index < -0.39 is 11.7 Å². The second-order valence-electron chi connectivity index (χ2n) is 6.27. The maximum absolute atomic E-state index is 12.6. The molecule has 0 aliphatic carbocycles. The molecule has 0 bridgehead atoms. The fourth-order valence-corrected chi connectivity index (χ4v) is 3.13. The molecule has 1 heterocycles. The highest BCUT2D eigenvalue weighted by Gasteiger charge is 2.30. The third-order valence-corrected chi connectivity index (χ3v) is 4.35. The second-order valence-corrected chi connectivity index (χ2v) is 6.27. The Morgan fingerprint density at radius 2 is 1.58 bits per heavy atom. The minimum atomic E-state index is -4.27. The molecular weight excluding hydrogens is 384 g/mol. The molecule has 2 aromatic rings. The van der Waals surface area contributed by atoms with Gasteiger partial charge in [-0.25, -0.2) is 0 Å². The molecule has 1 aliphatic rings. The zero-order valence-electron chi connectivity index (χ0n) is 14.2. The first kappa shape index (κ1) is 22.8. The molecule has 1 saturated heterocycles. The van der Waals surface area contributed by atoms with Crippen molar-refractivity contribution >= 4 is 24.8 Å². The Bertz CT molecular complexity index is 648. The standard InChI is InChI=1S/C19H21F3N2.2ClH/c20-19(21,22)17-8-6-15(7-9-17)12-18-14-24(11-10-23-18)13-16-4-2-1-3-5-16;;/h1-9,18,23H,10-14H2;2*1H/t18-;;/m1../s1. The van der Waals surface area contributed by atoms with Gasteiger partial charge in [0.05, 0.1) is 5.56 Å². The Morgan fingerprint density at radius 1 is 0.923 bits per heavy atom. The molecule has 0 aromatic heterocycles. The van der Waals surface area contributed by atoms with Crippen LogP contribution in [0.3, 0.4) is 0 Å². The molecule has 1 N–H and O–H groups in total. The zero-order chi connectivity index (χ0) is 17.0. The van der Waals surface area contributed by atoms with Crippen molar-refractivity contribution in [3.8, 4) is 0 Å². The number of nitrogens with zero attached hydrogens (tertiary/aromatic N) is 1. The first-order chi connectivity index (χ1) is 11.5. The molecule has 0 amide bonds. The fourth-order valence-electron chi connectivity index (χ4n) is 3.13. The van der Waals surface area contributed by atoms with E-state index in [0.717, 1.165) is 38.2 Å². The molecule has 26 heavy (non-hydrogen) atoms. The lowest BCUT2D eigenvalue weighted by molar-refractivity contribution is -0.137. The quantitative estimate of drug-likeness (QED) is 0.799. The van der Waals surface area contributed by atoms with Gasteiger partial charge in [-0.1, -0.05) is 42.5 Å². The largest absolute Gasteiger partial charge is 0.416 e. The molecule has 1 atom stereocenters. The molecule has 2 aromatic carbocycles. The van der Waals surface area contributed by atoms with Gasteiger partial charge in [0.15, 0.2) is 0 Å². The molecule has 0 saturated carbocycles. The Balaban J connectivity index is 0.00000169. The lowest BCUT2D eigenvalue weighted by Gasteiger charge is -2.34. The van der Waals surface area contributed by atoms with Crippen LogP contribution < -0.4 is 5.32 Å². The van der Waals surface area contributed by atoms with Gasteiger partial charge in [0, 0.05) is 32.2 Å². The summed E-state index contributed by atoms with van der Waals surface area (Å²) in [6.45, 7) is 3.69. The summed E-state index contributed by atoms with van der Waals surface area (Å²) < 4.78 is 37.9. The average molecular weight is 407 g/mol. The van der Waals surface area contributed by atoms with Gasteiger partial charge in [-0.2, -0.15) is 13.2 Å². The van der Waals surface area contributed by atoms with Gasteiger partial charge in [0.1, 0.15) is 0 Å². The van der Waals surface area contributed by atoms with Crippen LogP contribution in [0, 0.1) is 0 Å². The highest BCUT2D eigenvalue weighted by Crippen LogP contribution is 2.29. The predicted molar refractivity (Wildman–Crippen MR) is 103 cm³/mol. The molecule has 1 aliphatic heterocycles. The van der Waals surface area contributed by atoms with Crippen LogP contribution in [0.4, 0.5) is 13.2 Å². The maximum Gasteiger partial charge on any atom is 0.416 e. The van der Waals surface area contributed by atoms with Gasteiger partial charge in [0.2, 0.25) is 0 Å². The number of benzene rings is 2. The first-order valence-electron chi connectivity index (χ1n) is 8.16. The van der Waals surface area contributed by atoms with Crippen molar-refractivity contribution in [2.75, 3.05) is 19.6 Å². The highest BCUT2D eigenvalue weighted by molar-refractivity contribution is 5.85. The Hall–Kier alpha value is -1.27. The van der Waals surface area contributed by atoms with Crippen LogP contribution in [-0.4, -0.2) is 30.6 Å². The van der Waals surface area contributed by atoms with Gasteiger partial charge < -0.3 is 5.32 Å². The van der Waals surface area contributed by atoms with Crippen LogP contribution in [0.2, 0.25) is 0 Å². The molecule has 0 unspecified atom stereocenters. The molecule has 0 radical (unpaired) electrons. The maximum atomic E-state index is 12.6. The van der Waals surface area contributed by atoms with Crippen molar-refractivity contribution in [1.82, 2.24) is 10.2 Å². The number of nitrogens with one attached hydrogen (secondary N) is 1. The van der Waals surface area contributed by atoms with Crippen LogP contribution in [0.15, 0.2) is 54.6 Å². The number of hydrogen-bond donors (Lipinski definition) is 1. The molecule has 1 fully saturated rings. The van der Waals surface area contributed by atoms with Crippen molar-refractivity contribution in [3.63, 3.8) is 0 Å². The summed E-state index contributed by atoms with van der Waals surface area (Å²) >= 11 is 0. The van der Waals surface area contributed by atoms with Gasteiger partial charge in [-0.3, -0.25) is 4.90 Å². The van der Waals surface area contributed by atoms with E-state index in [1.54, 1.807) is 12.1 Å². The summed E-state index contributed by atoms with van der Waals surface area (Å²) in [6, 6.07) is 16.1. The van der Waals surface area contributed by atoms with Crippen molar-refractivity contribution in [1.29, 1.82) is 0 Å². The van der Waals surface area contributed by atoms with E-state index in [2.05, 4.69) is 22.3 Å². The Morgan fingerprint density at radius 3 is 2.19 bits per heavy atom. The zero-order valence-corrected chi connectivity index (χ0v) is 15.8. The van der Waals surface area contributed by atoms with Gasteiger partial charge in [0.25, 0.3) is 0 Å². The minimum absolute atomic E-state index is 0. The topological polar surface area (TPSA) is 15.3 Å².